The molecule has 5 heteroatoms. The molecule has 4 nitrogen and oxygen atoms in total. The quantitative estimate of drug-likeness (QED) is 0.730. The van der Waals surface area contributed by atoms with Gasteiger partial charge >= 0.3 is 7.69 Å². The van der Waals surface area contributed by atoms with Crippen LogP contribution in [0.1, 0.15) is 51.4 Å². The van der Waals surface area contributed by atoms with Crippen molar-refractivity contribution in [2.45, 2.75) is 74.8 Å². The van der Waals surface area contributed by atoms with Crippen molar-refractivity contribution in [1.29, 1.82) is 0 Å². The van der Waals surface area contributed by atoms with Crippen molar-refractivity contribution < 1.29 is 18.8 Å². The summed E-state index contributed by atoms with van der Waals surface area (Å²) >= 11 is 0. The number of hydrogen-bond donors (Lipinski definition) is 0. The molecule has 1 unspecified atom stereocenters. The maximum absolute atomic E-state index is 5.96. The molecule has 2 aliphatic carbocycles. The number of ether oxygens (including phenoxy) is 2. The summed E-state index contributed by atoms with van der Waals surface area (Å²) in [4.78, 5) is 0. The van der Waals surface area contributed by atoms with E-state index in [9.17, 15) is 0 Å². The minimum absolute atomic E-state index is 0.0260. The summed E-state index contributed by atoms with van der Waals surface area (Å²) in [7, 11) is 4.02. The van der Waals surface area contributed by atoms with E-state index in [4.69, 9.17) is 18.8 Å². The molecule has 0 amide bonds. The SMILES string of the molecule is COC1(C2OBO[C@H]2C2(OC)CCCC2)CCCC1. The molecule has 1 heterocycles. The Morgan fingerprint density at radius 3 is 1.47 bits per heavy atom. The Morgan fingerprint density at radius 2 is 1.16 bits per heavy atom. The van der Waals surface area contributed by atoms with Crippen molar-refractivity contribution in [2.75, 3.05) is 14.2 Å². The third-order valence-corrected chi connectivity index (χ3v) is 5.52. The Morgan fingerprint density at radius 1 is 0.789 bits per heavy atom. The van der Waals surface area contributed by atoms with Crippen LogP contribution in [0.3, 0.4) is 0 Å². The first-order valence-corrected chi connectivity index (χ1v) is 7.60. The lowest BCUT2D eigenvalue weighted by Gasteiger charge is -2.43. The van der Waals surface area contributed by atoms with Crippen LogP contribution in [0.15, 0.2) is 0 Å². The topological polar surface area (TPSA) is 36.9 Å². The molecule has 1 aliphatic heterocycles. The van der Waals surface area contributed by atoms with Crippen LogP contribution >= 0.6 is 0 Å². The van der Waals surface area contributed by atoms with Crippen LogP contribution in [0.2, 0.25) is 0 Å². The molecule has 2 atom stereocenters. The molecular weight excluding hydrogens is 243 g/mol. The lowest BCUT2D eigenvalue weighted by molar-refractivity contribution is -0.153. The van der Waals surface area contributed by atoms with Crippen LogP contribution in [0.25, 0.3) is 0 Å². The average molecular weight is 268 g/mol. The fourth-order valence-corrected chi connectivity index (χ4v) is 4.37. The largest absolute Gasteiger partial charge is 0.438 e. The van der Waals surface area contributed by atoms with Gasteiger partial charge in [0.05, 0.1) is 23.4 Å². The molecule has 0 aromatic rings. The fourth-order valence-electron chi connectivity index (χ4n) is 4.37. The summed E-state index contributed by atoms with van der Waals surface area (Å²) < 4.78 is 23.7. The highest BCUT2D eigenvalue weighted by Gasteiger charge is 2.57. The highest BCUT2D eigenvalue weighted by atomic mass is 16.7. The summed E-state index contributed by atoms with van der Waals surface area (Å²) in [6, 6.07) is 0. The molecule has 3 fully saturated rings. The predicted octanol–water partition coefficient (Wildman–Crippen LogP) is 1.96. The van der Waals surface area contributed by atoms with Crippen molar-refractivity contribution in [1.82, 2.24) is 0 Å². The standard InChI is InChI=1S/C14H25BO4/c1-16-13(7-3-4-8-13)11-12(19-15-18-11)14(17-2)9-5-6-10-14/h11-12,15H,3-10H2,1-2H3/t11-,12?/m1/s1. The van der Waals surface area contributed by atoms with Gasteiger partial charge in [-0.25, -0.2) is 0 Å². The van der Waals surface area contributed by atoms with Gasteiger partial charge in [0.25, 0.3) is 0 Å². The molecule has 0 radical (unpaired) electrons. The molecule has 0 N–H and O–H groups in total. The maximum Gasteiger partial charge on any atom is 0.438 e. The first-order valence-electron chi connectivity index (χ1n) is 7.60. The van der Waals surface area contributed by atoms with Crippen LogP contribution in [-0.2, 0) is 18.8 Å². The lowest BCUT2D eigenvalue weighted by Crippen LogP contribution is -2.56. The van der Waals surface area contributed by atoms with Gasteiger partial charge in [-0.2, -0.15) is 0 Å². The Kier molecular flexibility index (Phi) is 3.91. The van der Waals surface area contributed by atoms with Gasteiger partial charge in [0.15, 0.2) is 0 Å². The first-order chi connectivity index (χ1) is 9.26. The zero-order chi connectivity index (χ0) is 13.3. The Hall–Kier alpha value is -0.0951. The van der Waals surface area contributed by atoms with Crippen molar-refractivity contribution in [3.05, 3.63) is 0 Å². The van der Waals surface area contributed by atoms with Crippen LogP contribution in [0, 0.1) is 0 Å². The predicted molar refractivity (Wildman–Crippen MR) is 73.3 cm³/mol. The van der Waals surface area contributed by atoms with Gasteiger partial charge in [-0.1, -0.05) is 25.7 Å². The molecule has 3 rings (SSSR count). The highest BCUT2D eigenvalue weighted by Crippen LogP contribution is 2.47. The minimum Gasteiger partial charge on any atom is -0.405 e. The molecular formula is C14H25BO4. The van der Waals surface area contributed by atoms with Crippen molar-refractivity contribution in [3.63, 3.8) is 0 Å². The summed E-state index contributed by atoms with van der Waals surface area (Å²) in [6.07, 6.45) is 9.25. The maximum atomic E-state index is 5.96. The Bertz CT molecular complexity index is 281. The average Bonchev–Trinajstić information content (AvgIpc) is 3.18. The third kappa shape index (κ3) is 2.15. The third-order valence-electron chi connectivity index (χ3n) is 5.52. The molecule has 3 aliphatic rings. The molecule has 108 valence electrons. The van der Waals surface area contributed by atoms with E-state index in [0.29, 0.717) is 7.69 Å². The Labute approximate surface area is 116 Å². The van der Waals surface area contributed by atoms with Crippen molar-refractivity contribution >= 4 is 7.69 Å². The molecule has 0 aromatic carbocycles. The smallest absolute Gasteiger partial charge is 0.405 e. The van der Waals surface area contributed by atoms with E-state index in [1.54, 1.807) is 0 Å². The summed E-state index contributed by atoms with van der Waals surface area (Å²) in [5.74, 6) is 0. The van der Waals surface area contributed by atoms with Crippen molar-refractivity contribution in [2.24, 2.45) is 0 Å². The highest BCUT2D eigenvalue weighted by molar-refractivity contribution is 6.19. The van der Waals surface area contributed by atoms with E-state index >= 15 is 0 Å². The van der Waals surface area contributed by atoms with Gasteiger partial charge in [-0.3, -0.25) is 0 Å². The summed E-state index contributed by atoms with van der Waals surface area (Å²) in [5, 5.41) is 0. The molecule has 2 saturated carbocycles. The second-order valence-electron chi connectivity index (χ2n) is 6.24. The van der Waals surface area contributed by atoms with Crippen LogP contribution in [-0.4, -0.2) is 45.3 Å². The normalized spacial score (nSPS) is 36.5. The van der Waals surface area contributed by atoms with Crippen LogP contribution in [0.5, 0.6) is 0 Å². The lowest BCUT2D eigenvalue weighted by atomic mass is 9.81. The van der Waals surface area contributed by atoms with Gasteiger partial charge in [0.2, 0.25) is 0 Å². The monoisotopic (exact) mass is 268 g/mol. The number of hydrogen-bond acceptors (Lipinski definition) is 4. The first kappa shape index (κ1) is 13.9. The van der Waals surface area contributed by atoms with E-state index in [1.165, 1.54) is 25.7 Å². The van der Waals surface area contributed by atoms with Gasteiger partial charge in [-0.05, 0) is 25.7 Å². The van der Waals surface area contributed by atoms with E-state index < -0.39 is 0 Å². The second-order valence-corrected chi connectivity index (χ2v) is 6.24. The van der Waals surface area contributed by atoms with Gasteiger partial charge in [0, 0.05) is 14.2 Å². The second kappa shape index (κ2) is 5.36. The van der Waals surface area contributed by atoms with E-state index in [1.807, 2.05) is 14.2 Å². The molecule has 0 spiro atoms. The zero-order valence-corrected chi connectivity index (χ0v) is 12.2. The fraction of sp³-hybridized carbons (Fsp3) is 1.00. The van der Waals surface area contributed by atoms with Crippen LogP contribution < -0.4 is 0 Å². The Balaban J connectivity index is 1.84. The van der Waals surface area contributed by atoms with E-state index in [2.05, 4.69) is 0 Å². The van der Waals surface area contributed by atoms with Gasteiger partial charge in [0.1, 0.15) is 0 Å². The number of rotatable bonds is 4. The number of methoxy groups -OCH3 is 2. The van der Waals surface area contributed by atoms with Crippen molar-refractivity contribution in [3.8, 4) is 0 Å². The van der Waals surface area contributed by atoms with E-state index in [-0.39, 0.29) is 23.4 Å². The van der Waals surface area contributed by atoms with E-state index in [0.717, 1.165) is 25.7 Å². The minimum atomic E-state index is -0.157. The summed E-state index contributed by atoms with van der Waals surface area (Å²) in [6.45, 7) is 0. The van der Waals surface area contributed by atoms with Crippen LogP contribution in [0.4, 0.5) is 0 Å². The molecule has 0 bridgehead atoms. The zero-order valence-electron chi connectivity index (χ0n) is 12.2. The summed E-state index contributed by atoms with van der Waals surface area (Å²) in [5.41, 5.74) is -0.315. The molecule has 19 heavy (non-hydrogen) atoms. The molecule has 0 aromatic heterocycles. The van der Waals surface area contributed by atoms with Gasteiger partial charge in [-0.15, -0.1) is 0 Å². The molecule has 1 saturated heterocycles. The van der Waals surface area contributed by atoms with Gasteiger partial charge < -0.3 is 18.8 Å².